The molecule has 0 radical (unpaired) electrons. The van der Waals surface area contributed by atoms with Crippen LogP contribution in [0.5, 0.6) is 11.5 Å². The Labute approximate surface area is 142 Å². The Hall–Kier alpha value is -2.11. The summed E-state index contributed by atoms with van der Waals surface area (Å²) in [5.74, 6) is 1.69. The molecule has 0 amide bonds. The lowest BCUT2D eigenvalue weighted by molar-refractivity contribution is 0.0497. The zero-order valence-corrected chi connectivity index (χ0v) is 13.7. The number of hydrogen-bond donors (Lipinski definition) is 1. The number of nitrogens with one attached hydrogen (secondary N) is 1. The minimum atomic E-state index is 0.0709. The Morgan fingerprint density at radius 3 is 2.79 bits per heavy atom. The van der Waals surface area contributed by atoms with Crippen molar-refractivity contribution in [3.8, 4) is 11.5 Å². The fraction of sp³-hybridized carbons (Fsp3) is 0.421. The number of hydrogen-bond acceptors (Lipinski definition) is 5. The van der Waals surface area contributed by atoms with Gasteiger partial charge in [0.05, 0.1) is 0 Å². The van der Waals surface area contributed by atoms with E-state index < -0.39 is 0 Å². The Bertz CT molecular complexity index is 684. The SMILES string of the molecule is c1cncc(CNCC2(c3ccc4c(c3)OCO4)CCOCC2)c1. The molecule has 0 atom stereocenters. The summed E-state index contributed by atoms with van der Waals surface area (Å²) in [4.78, 5) is 4.17. The summed E-state index contributed by atoms with van der Waals surface area (Å²) in [5.41, 5.74) is 2.57. The van der Waals surface area contributed by atoms with Gasteiger partial charge in [0.15, 0.2) is 11.5 Å². The van der Waals surface area contributed by atoms with E-state index in [9.17, 15) is 0 Å². The van der Waals surface area contributed by atoms with Crippen molar-refractivity contribution >= 4 is 0 Å². The minimum Gasteiger partial charge on any atom is -0.454 e. The number of fused-ring (bicyclic) bond motifs is 1. The maximum Gasteiger partial charge on any atom is 0.231 e. The van der Waals surface area contributed by atoms with E-state index in [1.807, 2.05) is 18.3 Å². The Balaban J connectivity index is 1.52. The molecule has 0 spiro atoms. The van der Waals surface area contributed by atoms with Crippen LogP contribution in [-0.2, 0) is 16.7 Å². The normalized spacial score (nSPS) is 18.5. The van der Waals surface area contributed by atoms with E-state index in [1.54, 1.807) is 6.20 Å². The highest BCUT2D eigenvalue weighted by Gasteiger charge is 2.35. The molecule has 24 heavy (non-hydrogen) atoms. The zero-order valence-electron chi connectivity index (χ0n) is 13.7. The van der Waals surface area contributed by atoms with Crippen molar-refractivity contribution in [1.82, 2.24) is 10.3 Å². The van der Waals surface area contributed by atoms with Crippen molar-refractivity contribution in [1.29, 1.82) is 0 Å². The van der Waals surface area contributed by atoms with Gasteiger partial charge in [-0.3, -0.25) is 4.98 Å². The predicted octanol–water partition coefficient (Wildman–Crippen LogP) is 2.65. The summed E-state index contributed by atoms with van der Waals surface area (Å²) in [6.07, 6.45) is 5.72. The highest BCUT2D eigenvalue weighted by atomic mass is 16.7. The third kappa shape index (κ3) is 3.09. The lowest BCUT2D eigenvalue weighted by Crippen LogP contribution is -2.42. The average Bonchev–Trinajstić information content (AvgIpc) is 3.11. The van der Waals surface area contributed by atoms with Crippen molar-refractivity contribution in [2.45, 2.75) is 24.8 Å². The first-order chi connectivity index (χ1) is 11.9. The van der Waals surface area contributed by atoms with Crippen molar-refractivity contribution in [2.24, 2.45) is 0 Å². The van der Waals surface area contributed by atoms with Gasteiger partial charge in [-0.25, -0.2) is 0 Å². The molecule has 5 nitrogen and oxygen atoms in total. The van der Waals surface area contributed by atoms with Gasteiger partial charge in [-0.15, -0.1) is 0 Å². The molecule has 1 fully saturated rings. The van der Waals surface area contributed by atoms with E-state index in [0.717, 1.165) is 50.6 Å². The lowest BCUT2D eigenvalue weighted by Gasteiger charge is -2.38. The number of benzene rings is 1. The summed E-state index contributed by atoms with van der Waals surface area (Å²) in [5, 5.41) is 3.61. The highest BCUT2D eigenvalue weighted by molar-refractivity contribution is 5.47. The molecule has 2 aliphatic heterocycles. The van der Waals surface area contributed by atoms with E-state index in [0.29, 0.717) is 6.79 Å². The summed E-state index contributed by atoms with van der Waals surface area (Å²) >= 11 is 0. The van der Waals surface area contributed by atoms with Crippen molar-refractivity contribution in [3.63, 3.8) is 0 Å². The molecule has 1 saturated heterocycles. The van der Waals surface area contributed by atoms with Crippen LogP contribution in [0.1, 0.15) is 24.0 Å². The predicted molar refractivity (Wildman–Crippen MR) is 90.2 cm³/mol. The van der Waals surface area contributed by atoms with E-state index >= 15 is 0 Å². The quantitative estimate of drug-likeness (QED) is 0.915. The van der Waals surface area contributed by atoms with E-state index in [1.165, 1.54) is 11.1 Å². The minimum absolute atomic E-state index is 0.0709. The Morgan fingerprint density at radius 2 is 1.96 bits per heavy atom. The van der Waals surface area contributed by atoms with Gasteiger partial charge in [0.25, 0.3) is 0 Å². The van der Waals surface area contributed by atoms with Crippen LogP contribution in [0, 0.1) is 0 Å². The summed E-state index contributed by atoms with van der Waals surface area (Å²) in [7, 11) is 0. The average molecular weight is 326 g/mol. The zero-order chi connectivity index (χ0) is 16.2. The third-order valence-electron chi connectivity index (χ3n) is 4.95. The molecule has 126 valence electrons. The standard InChI is InChI=1S/C19H22N2O3/c1-2-15(11-20-7-1)12-21-13-19(5-8-22-9-6-19)16-3-4-17-18(10-16)24-14-23-17/h1-4,7,10-11,21H,5-6,8-9,12-14H2. The first kappa shape index (κ1) is 15.4. The van der Waals surface area contributed by atoms with E-state index in [-0.39, 0.29) is 5.41 Å². The fourth-order valence-electron chi connectivity index (χ4n) is 3.50. The second kappa shape index (κ2) is 6.79. The van der Waals surface area contributed by atoms with Crippen LogP contribution in [0.15, 0.2) is 42.7 Å². The van der Waals surface area contributed by atoms with Crippen LogP contribution in [0.2, 0.25) is 0 Å². The molecule has 0 bridgehead atoms. The van der Waals surface area contributed by atoms with Crippen molar-refractivity contribution in [3.05, 3.63) is 53.9 Å². The van der Waals surface area contributed by atoms with Gasteiger partial charge >= 0.3 is 0 Å². The van der Waals surface area contributed by atoms with Crippen molar-refractivity contribution in [2.75, 3.05) is 26.6 Å². The molecule has 2 aliphatic rings. The molecule has 0 unspecified atom stereocenters. The number of pyridine rings is 1. The van der Waals surface area contributed by atoms with Crippen LogP contribution in [0.4, 0.5) is 0 Å². The molecule has 4 rings (SSSR count). The van der Waals surface area contributed by atoms with Crippen LogP contribution in [-0.4, -0.2) is 31.5 Å². The summed E-state index contributed by atoms with van der Waals surface area (Å²) < 4.78 is 16.6. The summed E-state index contributed by atoms with van der Waals surface area (Å²) in [6.45, 7) is 3.63. The maximum atomic E-state index is 5.61. The van der Waals surface area contributed by atoms with Gasteiger partial charge in [-0.05, 0) is 42.2 Å². The number of nitrogens with zero attached hydrogens (tertiary/aromatic N) is 1. The number of ether oxygens (including phenoxy) is 3. The number of aromatic nitrogens is 1. The first-order valence-corrected chi connectivity index (χ1v) is 8.43. The smallest absolute Gasteiger partial charge is 0.231 e. The maximum absolute atomic E-state index is 5.61. The van der Waals surface area contributed by atoms with Crippen LogP contribution >= 0.6 is 0 Å². The third-order valence-corrected chi connectivity index (χ3v) is 4.95. The second-order valence-corrected chi connectivity index (χ2v) is 6.43. The van der Waals surface area contributed by atoms with Gasteiger partial charge in [-0.1, -0.05) is 12.1 Å². The molecule has 1 aromatic heterocycles. The van der Waals surface area contributed by atoms with E-state index in [4.69, 9.17) is 14.2 Å². The van der Waals surface area contributed by atoms with Gasteiger partial charge in [0.1, 0.15) is 0 Å². The van der Waals surface area contributed by atoms with E-state index in [2.05, 4.69) is 28.5 Å². The number of rotatable bonds is 5. The largest absolute Gasteiger partial charge is 0.454 e. The second-order valence-electron chi connectivity index (χ2n) is 6.43. The van der Waals surface area contributed by atoms with Crippen LogP contribution in [0.3, 0.4) is 0 Å². The topological polar surface area (TPSA) is 52.6 Å². The fourth-order valence-corrected chi connectivity index (χ4v) is 3.50. The highest BCUT2D eigenvalue weighted by Crippen LogP contribution is 2.40. The van der Waals surface area contributed by atoms with Crippen molar-refractivity contribution < 1.29 is 14.2 Å². The molecule has 2 aromatic rings. The molecule has 1 aromatic carbocycles. The van der Waals surface area contributed by atoms with Gasteiger partial charge < -0.3 is 19.5 Å². The lowest BCUT2D eigenvalue weighted by atomic mass is 9.74. The van der Waals surface area contributed by atoms with Gasteiger partial charge in [0, 0.05) is 44.1 Å². The molecular weight excluding hydrogens is 304 g/mol. The summed E-state index contributed by atoms with van der Waals surface area (Å²) in [6, 6.07) is 10.4. The molecule has 3 heterocycles. The molecular formula is C19H22N2O3. The Morgan fingerprint density at radius 1 is 1.08 bits per heavy atom. The molecule has 5 heteroatoms. The molecule has 0 aliphatic carbocycles. The molecule has 0 saturated carbocycles. The Kier molecular flexibility index (Phi) is 4.36. The first-order valence-electron chi connectivity index (χ1n) is 8.43. The van der Waals surface area contributed by atoms with Crippen LogP contribution < -0.4 is 14.8 Å². The molecule has 1 N–H and O–H groups in total. The monoisotopic (exact) mass is 326 g/mol. The van der Waals surface area contributed by atoms with Gasteiger partial charge in [0.2, 0.25) is 6.79 Å². The van der Waals surface area contributed by atoms with Gasteiger partial charge in [-0.2, -0.15) is 0 Å². The van der Waals surface area contributed by atoms with Crippen LogP contribution in [0.25, 0.3) is 0 Å².